The molecule has 5 heteroatoms. The lowest BCUT2D eigenvalue weighted by molar-refractivity contribution is -0.139. The molecular formula is C9H19N3O2. The maximum absolute atomic E-state index is 10.6. The molecule has 0 radical (unpaired) electrons. The molecule has 4 N–H and O–H groups in total. The van der Waals surface area contributed by atoms with Gasteiger partial charge in [0.05, 0.1) is 0 Å². The average Bonchev–Trinajstić information content (AvgIpc) is 2.19. The van der Waals surface area contributed by atoms with E-state index in [1.165, 1.54) is 0 Å². The predicted molar refractivity (Wildman–Crippen MR) is 54.1 cm³/mol. The van der Waals surface area contributed by atoms with E-state index in [-0.39, 0.29) is 0 Å². The summed E-state index contributed by atoms with van der Waals surface area (Å²) in [5.74, 6) is -0.925. The van der Waals surface area contributed by atoms with Gasteiger partial charge in [0.15, 0.2) is 0 Å². The van der Waals surface area contributed by atoms with Gasteiger partial charge >= 0.3 is 5.97 Å². The molecule has 1 saturated heterocycles. The second-order valence-electron chi connectivity index (χ2n) is 3.87. The van der Waals surface area contributed by atoms with Crippen LogP contribution in [0.5, 0.6) is 0 Å². The highest BCUT2D eigenvalue weighted by Crippen LogP contribution is 2.09. The highest BCUT2D eigenvalue weighted by Gasteiger charge is 2.21. The number of hydrogen-bond donors (Lipinski definition) is 3. The van der Waals surface area contributed by atoms with Crippen molar-refractivity contribution in [2.75, 3.05) is 26.7 Å². The molecule has 0 aromatic heterocycles. The summed E-state index contributed by atoms with van der Waals surface area (Å²) >= 11 is 0. The highest BCUT2D eigenvalue weighted by molar-refractivity contribution is 5.73. The lowest BCUT2D eigenvalue weighted by Gasteiger charge is -2.32. The summed E-state index contributed by atoms with van der Waals surface area (Å²) in [4.78, 5) is 12.6. The van der Waals surface area contributed by atoms with Gasteiger partial charge in [-0.1, -0.05) is 0 Å². The van der Waals surface area contributed by atoms with Crippen LogP contribution >= 0.6 is 0 Å². The number of likely N-dealkylation sites (N-methyl/N-ethyl adjacent to an activating group) is 1. The van der Waals surface area contributed by atoms with E-state index in [2.05, 4.69) is 10.2 Å². The molecule has 1 aliphatic rings. The SMILES string of the molecule is CN(C[C@@H](N)C(=O)O)C1CCNCC1. The summed E-state index contributed by atoms with van der Waals surface area (Å²) in [7, 11) is 1.94. The first-order chi connectivity index (χ1) is 6.61. The molecule has 0 spiro atoms. The predicted octanol–water partition coefficient (Wildman–Crippen LogP) is -0.918. The van der Waals surface area contributed by atoms with Crippen molar-refractivity contribution in [1.29, 1.82) is 0 Å². The van der Waals surface area contributed by atoms with Crippen LogP contribution in [0, 0.1) is 0 Å². The van der Waals surface area contributed by atoms with Crippen LogP contribution in [-0.2, 0) is 4.79 Å². The molecule has 1 atom stereocenters. The number of carboxylic acid groups (broad SMARTS) is 1. The smallest absolute Gasteiger partial charge is 0.321 e. The number of aliphatic carboxylic acids is 1. The van der Waals surface area contributed by atoms with E-state index >= 15 is 0 Å². The van der Waals surface area contributed by atoms with Crippen molar-refractivity contribution >= 4 is 5.97 Å². The molecule has 0 bridgehead atoms. The van der Waals surface area contributed by atoms with Gasteiger partial charge < -0.3 is 21.1 Å². The molecule has 0 saturated carbocycles. The lowest BCUT2D eigenvalue weighted by Crippen LogP contribution is -2.48. The Morgan fingerprint density at radius 3 is 2.71 bits per heavy atom. The second kappa shape index (κ2) is 5.29. The van der Waals surface area contributed by atoms with Gasteiger partial charge in [0.1, 0.15) is 6.04 Å². The lowest BCUT2D eigenvalue weighted by atomic mass is 10.0. The Bertz CT molecular complexity index is 192. The van der Waals surface area contributed by atoms with Gasteiger partial charge in [-0.15, -0.1) is 0 Å². The molecule has 0 amide bonds. The normalized spacial score (nSPS) is 21.1. The second-order valence-corrected chi connectivity index (χ2v) is 3.87. The maximum Gasteiger partial charge on any atom is 0.321 e. The zero-order chi connectivity index (χ0) is 10.6. The van der Waals surface area contributed by atoms with Crippen molar-refractivity contribution in [3.05, 3.63) is 0 Å². The minimum absolute atomic E-state index is 0.431. The van der Waals surface area contributed by atoms with E-state index in [1.54, 1.807) is 0 Å². The van der Waals surface area contributed by atoms with Crippen molar-refractivity contribution < 1.29 is 9.90 Å². The van der Waals surface area contributed by atoms with Crippen LogP contribution in [-0.4, -0.2) is 54.7 Å². The van der Waals surface area contributed by atoms with Crippen molar-refractivity contribution in [2.24, 2.45) is 5.73 Å². The molecule has 0 unspecified atom stereocenters. The standard InChI is InChI=1S/C9H19N3O2/c1-12(6-8(10)9(13)14)7-2-4-11-5-3-7/h7-8,11H,2-6,10H2,1H3,(H,13,14)/t8-/m1/s1. The Labute approximate surface area is 84.3 Å². The first-order valence-corrected chi connectivity index (χ1v) is 5.00. The topological polar surface area (TPSA) is 78.6 Å². The maximum atomic E-state index is 10.6. The largest absolute Gasteiger partial charge is 0.480 e. The molecule has 1 aliphatic heterocycles. The van der Waals surface area contributed by atoms with Crippen molar-refractivity contribution in [2.45, 2.75) is 24.9 Å². The number of nitrogens with two attached hydrogens (primary N) is 1. The van der Waals surface area contributed by atoms with Gasteiger partial charge in [-0.3, -0.25) is 4.79 Å². The Morgan fingerprint density at radius 2 is 2.21 bits per heavy atom. The van der Waals surface area contributed by atoms with E-state index in [0.29, 0.717) is 12.6 Å². The van der Waals surface area contributed by atoms with E-state index in [4.69, 9.17) is 10.8 Å². The van der Waals surface area contributed by atoms with Crippen LogP contribution in [0.25, 0.3) is 0 Å². The van der Waals surface area contributed by atoms with Gasteiger partial charge in [-0.2, -0.15) is 0 Å². The molecule has 0 aromatic carbocycles. The number of nitrogens with one attached hydrogen (secondary N) is 1. The van der Waals surface area contributed by atoms with Gasteiger partial charge in [0.25, 0.3) is 0 Å². The minimum Gasteiger partial charge on any atom is -0.480 e. The van der Waals surface area contributed by atoms with Crippen LogP contribution in [0.4, 0.5) is 0 Å². The van der Waals surface area contributed by atoms with Crippen molar-refractivity contribution in [1.82, 2.24) is 10.2 Å². The van der Waals surface area contributed by atoms with Gasteiger partial charge in [-0.05, 0) is 33.0 Å². The molecular weight excluding hydrogens is 182 g/mol. The Morgan fingerprint density at radius 1 is 1.64 bits per heavy atom. The van der Waals surface area contributed by atoms with Crippen LogP contribution in [0.15, 0.2) is 0 Å². The molecule has 5 nitrogen and oxygen atoms in total. The summed E-state index contributed by atoms with van der Waals surface area (Å²) in [6.07, 6.45) is 2.14. The first-order valence-electron chi connectivity index (χ1n) is 5.00. The van der Waals surface area contributed by atoms with Crippen LogP contribution in [0.2, 0.25) is 0 Å². The molecule has 1 rings (SSSR count). The van der Waals surface area contributed by atoms with Crippen molar-refractivity contribution in [3.63, 3.8) is 0 Å². The molecule has 82 valence electrons. The minimum atomic E-state index is -0.925. The molecule has 14 heavy (non-hydrogen) atoms. The van der Waals surface area contributed by atoms with E-state index < -0.39 is 12.0 Å². The Hall–Kier alpha value is -0.650. The fraction of sp³-hybridized carbons (Fsp3) is 0.889. The number of carboxylic acids is 1. The van der Waals surface area contributed by atoms with Gasteiger partial charge in [0.2, 0.25) is 0 Å². The third-order valence-corrected chi connectivity index (χ3v) is 2.73. The zero-order valence-corrected chi connectivity index (χ0v) is 8.57. The Kier molecular flexibility index (Phi) is 4.31. The third-order valence-electron chi connectivity index (χ3n) is 2.73. The van der Waals surface area contributed by atoms with Crippen LogP contribution in [0.1, 0.15) is 12.8 Å². The first kappa shape index (κ1) is 11.4. The number of rotatable bonds is 4. The summed E-state index contributed by atoms with van der Waals surface area (Å²) < 4.78 is 0. The molecule has 0 aromatic rings. The summed E-state index contributed by atoms with van der Waals surface area (Å²) in [6.45, 7) is 2.45. The summed E-state index contributed by atoms with van der Waals surface area (Å²) in [5.41, 5.74) is 5.47. The quantitative estimate of drug-likeness (QED) is 0.548. The molecule has 1 fully saturated rings. The number of hydrogen-bond acceptors (Lipinski definition) is 4. The number of nitrogens with zero attached hydrogens (tertiary/aromatic N) is 1. The highest BCUT2D eigenvalue weighted by atomic mass is 16.4. The van der Waals surface area contributed by atoms with E-state index in [9.17, 15) is 4.79 Å². The fourth-order valence-electron chi connectivity index (χ4n) is 1.78. The molecule has 1 heterocycles. The number of piperidine rings is 1. The zero-order valence-electron chi connectivity index (χ0n) is 8.57. The van der Waals surface area contributed by atoms with E-state index in [1.807, 2.05) is 7.05 Å². The fourth-order valence-corrected chi connectivity index (χ4v) is 1.78. The van der Waals surface area contributed by atoms with Gasteiger partial charge in [-0.25, -0.2) is 0 Å². The monoisotopic (exact) mass is 201 g/mol. The summed E-state index contributed by atoms with van der Waals surface area (Å²) in [5, 5.41) is 11.9. The van der Waals surface area contributed by atoms with Gasteiger partial charge in [0, 0.05) is 12.6 Å². The average molecular weight is 201 g/mol. The molecule has 0 aliphatic carbocycles. The van der Waals surface area contributed by atoms with Crippen LogP contribution in [0.3, 0.4) is 0 Å². The van der Waals surface area contributed by atoms with Crippen molar-refractivity contribution in [3.8, 4) is 0 Å². The number of carbonyl (C=O) groups is 1. The van der Waals surface area contributed by atoms with E-state index in [0.717, 1.165) is 25.9 Å². The Balaban J connectivity index is 2.32. The summed E-state index contributed by atoms with van der Waals surface area (Å²) in [6, 6.07) is -0.295. The third kappa shape index (κ3) is 3.25. The van der Waals surface area contributed by atoms with Crippen LogP contribution < -0.4 is 11.1 Å².